The first-order chi connectivity index (χ1) is 10.6. The van der Waals surface area contributed by atoms with Crippen molar-refractivity contribution in [2.45, 2.75) is 32.3 Å². The van der Waals surface area contributed by atoms with Crippen molar-refractivity contribution in [3.63, 3.8) is 0 Å². The van der Waals surface area contributed by atoms with E-state index in [0.29, 0.717) is 11.1 Å². The number of esters is 1. The second kappa shape index (κ2) is 6.14. The van der Waals surface area contributed by atoms with Crippen LogP contribution in [0.15, 0.2) is 48.5 Å². The lowest BCUT2D eigenvalue weighted by molar-refractivity contribution is 0.0319. The summed E-state index contributed by atoms with van der Waals surface area (Å²) in [6.45, 7) is 1.62. The van der Waals surface area contributed by atoms with Crippen LogP contribution in [0.1, 0.15) is 45.2 Å². The number of fused-ring (bicyclic) bond motifs is 1. The predicted octanol–water partition coefficient (Wildman–Crippen LogP) is 3.60. The smallest absolute Gasteiger partial charge is 0.338 e. The van der Waals surface area contributed by atoms with Gasteiger partial charge >= 0.3 is 5.97 Å². The number of benzene rings is 2. The molecule has 0 unspecified atom stereocenters. The Morgan fingerprint density at radius 3 is 2.45 bits per heavy atom. The van der Waals surface area contributed by atoms with Crippen molar-refractivity contribution in [2.24, 2.45) is 0 Å². The molecule has 0 N–H and O–H groups in total. The first kappa shape index (κ1) is 14.5. The van der Waals surface area contributed by atoms with Gasteiger partial charge in [0.2, 0.25) is 5.78 Å². The average molecular weight is 294 g/mol. The minimum absolute atomic E-state index is 0.154. The number of carbonyl (C=O) groups is 2. The summed E-state index contributed by atoms with van der Waals surface area (Å²) >= 11 is 0. The van der Waals surface area contributed by atoms with Crippen molar-refractivity contribution in [2.75, 3.05) is 0 Å². The summed E-state index contributed by atoms with van der Waals surface area (Å²) in [5, 5.41) is 0. The minimum Gasteiger partial charge on any atom is -0.451 e. The van der Waals surface area contributed by atoms with Gasteiger partial charge in [-0.1, -0.05) is 30.3 Å². The Kier molecular flexibility index (Phi) is 4.05. The zero-order valence-electron chi connectivity index (χ0n) is 12.5. The maximum Gasteiger partial charge on any atom is 0.338 e. The number of aryl methyl sites for hydroxylation is 2. The highest BCUT2D eigenvalue weighted by Gasteiger charge is 2.22. The van der Waals surface area contributed by atoms with E-state index in [-0.39, 0.29) is 5.78 Å². The molecule has 1 aliphatic rings. The molecule has 2 aromatic carbocycles. The third-order valence-corrected chi connectivity index (χ3v) is 4.05. The second-order valence-electron chi connectivity index (χ2n) is 5.61. The molecule has 3 nitrogen and oxygen atoms in total. The van der Waals surface area contributed by atoms with Crippen molar-refractivity contribution >= 4 is 11.8 Å². The summed E-state index contributed by atoms with van der Waals surface area (Å²) < 4.78 is 5.28. The molecule has 0 bridgehead atoms. The van der Waals surface area contributed by atoms with Crippen molar-refractivity contribution in [1.29, 1.82) is 0 Å². The average Bonchev–Trinajstić information content (AvgIpc) is 3.02. The Balaban J connectivity index is 1.71. The number of rotatable bonds is 4. The fourth-order valence-electron chi connectivity index (χ4n) is 2.82. The van der Waals surface area contributed by atoms with E-state index in [1.807, 2.05) is 24.3 Å². The summed E-state index contributed by atoms with van der Waals surface area (Å²) in [6, 6.07) is 14.5. The summed E-state index contributed by atoms with van der Waals surface area (Å²) in [5.74, 6) is -0.624. The molecule has 0 saturated carbocycles. The molecule has 0 spiro atoms. The van der Waals surface area contributed by atoms with Crippen molar-refractivity contribution in [3.8, 4) is 0 Å². The van der Waals surface area contributed by atoms with Crippen LogP contribution in [0, 0.1) is 0 Å². The number of hydrogen-bond donors (Lipinski definition) is 0. The number of Topliss-reactive ketones (excluding diaryl/α,β-unsaturated/α-hetero) is 1. The van der Waals surface area contributed by atoms with Gasteiger partial charge < -0.3 is 4.74 Å². The molecule has 3 heteroatoms. The Bertz CT molecular complexity index is 704. The van der Waals surface area contributed by atoms with E-state index in [1.54, 1.807) is 31.2 Å². The van der Waals surface area contributed by atoms with Crippen LogP contribution < -0.4 is 0 Å². The molecule has 1 atom stereocenters. The monoisotopic (exact) mass is 294 g/mol. The molecule has 0 radical (unpaired) electrons. The SMILES string of the molecule is C[C@H](OC(=O)c1ccccc1)C(=O)c1ccc2c(c1)CCC2. The number of carbonyl (C=O) groups excluding carboxylic acids is 2. The van der Waals surface area contributed by atoms with Gasteiger partial charge in [0, 0.05) is 5.56 Å². The summed E-state index contributed by atoms with van der Waals surface area (Å²) in [4.78, 5) is 24.4. The topological polar surface area (TPSA) is 43.4 Å². The van der Waals surface area contributed by atoms with Gasteiger partial charge in [0.15, 0.2) is 6.10 Å². The van der Waals surface area contributed by atoms with Gasteiger partial charge in [-0.15, -0.1) is 0 Å². The van der Waals surface area contributed by atoms with Crippen LogP contribution >= 0.6 is 0 Å². The van der Waals surface area contributed by atoms with Gasteiger partial charge in [-0.3, -0.25) is 4.79 Å². The third kappa shape index (κ3) is 2.93. The lowest BCUT2D eigenvalue weighted by Crippen LogP contribution is -2.24. The van der Waals surface area contributed by atoms with E-state index in [1.165, 1.54) is 11.1 Å². The molecule has 22 heavy (non-hydrogen) atoms. The lowest BCUT2D eigenvalue weighted by Gasteiger charge is -2.13. The van der Waals surface area contributed by atoms with E-state index in [4.69, 9.17) is 4.74 Å². The highest BCUT2D eigenvalue weighted by atomic mass is 16.5. The second-order valence-corrected chi connectivity index (χ2v) is 5.61. The van der Waals surface area contributed by atoms with Crippen LogP contribution in [-0.2, 0) is 17.6 Å². The number of hydrogen-bond acceptors (Lipinski definition) is 3. The fraction of sp³-hybridized carbons (Fsp3) is 0.263. The largest absolute Gasteiger partial charge is 0.451 e. The molecule has 112 valence electrons. The van der Waals surface area contributed by atoms with Crippen LogP contribution in [0.2, 0.25) is 0 Å². The Morgan fingerprint density at radius 1 is 0.955 bits per heavy atom. The van der Waals surface area contributed by atoms with Crippen LogP contribution in [0.3, 0.4) is 0 Å². The molecule has 1 aliphatic carbocycles. The van der Waals surface area contributed by atoms with Crippen molar-refractivity contribution in [3.05, 3.63) is 70.8 Å². The van der Waals surface area contributed by atoms with E-state index in [2.05, 4.69) is 0 Å². The van der Waals surface area contributed by atoms with Gasteiger partial charge in [0.1, 0.15) is 0 Å². The van der Waals surface area contributed by atoms with E-state index in [9.17, 15) is 9.59 Å². The van der Waals surface area contributed by atoms with Crippen LogP contribution in [0.25, 0.3) is 0 Å². The molecule has 0 aliphatic heterocycles. The molecular weight excluding hydrogens is 276 g/mol. The number of ether oxygens (including phenoxy) is 1. The predicted molar refractivity (Wildman–Crippen MR) is 84.1 cm³/mol. The van der Waals surface area contributed by atoms with Gasteiger partial charge in [-0.05, 0) is 55.5 Å². The lowest BCUT2D eigenvalue weighted by atomic mass is 10.0. The van der Waals surface area contributed by atoms with Crippen molar-refractivity contribution < 1.29 is 14.3 Å². The summed E-state index contributed by atoms with van der Waals surface area (Å²) in [5.41, 5.74) is 3.64. The Labute approximate surface area is 129 Å². The summed E-state index contributed by atoms with van der Waals surface area (Å²) in [6.07, 6.45) is 2.47. The van der Waals surface area contributed by atoms with Crippen LogP contribution in [0.4, 0.5) is 0 Å². The first-order valence-corrected chi connectivity index (χ1v) is 7.57. The number of ketones is 1. The summed E-state index contributed by atoms with van der Waals surface area (Å²) in [7, 11) is 0. The third-order valence-electron chi connectivity index (χ3n) is 4.05. The standard InChI is InChI=1S/C19H18O3/c1-13(22-19(21)15-6-3-2-4-7-15)18(20)17-11-10-14-8-5-9-16(14)12-17/h2-4,6-7,10-13H,5,8-9H2,1H3/t13-/m0/s1. The van der Waals surface area contributed by atoms with Gasteiger partial charge in [-0.2, -0.15) is 0 Å². The normalized spacial score (nSPS) is 14.2. The first-order valence-electron chi connectivity index (χ1n) is 7.57. The van der Waals surface area contributed by atoms with E-state index in [0.717, 1.165) is 19.3 Å². The zero-order valence-corrected chi connectivity index (χ0v) is 12.5. The molecule has 0 fully saturated rings. The fourth-order valence-corrected chi connectivity index (χ4v) is 2.82. The van der Waals surface area contributed by atoms with Gasteiger partial charge in [0.25, 0.3) is 0 Å². The maximum atomic E-state index is 12.4. The molecular formula is C19H18O3. The van der Waals surface area contributed by atoms with Crippen LogP contribution in [-0.4, -0.2) is 17.9 Å². The molecule has 2 aromatic rings. The van der Waals surface area contributed by atoms with E-state index >= 15 is 0 Å². The van der Waals surface area contributed by atoms with Crippen molar-refractivity contribution in [1.82, 2.24) is 0 Å². The van der Waals surface area contributed by atoms with Crippen LogP contribution in [0.5, 0.6) is 0 Å². The molecule has 3 rings (SSSR count). The molecule has 0 saturated heterocycles. The molecule has 0 amide bonds. The quantitative estimate of drug-likeness (QED) is 0.639. The highest BCUT2D eigenvalue weighted by molar-refractivity contribution is 6.01. The molecule has 0 aromatic heterocycles. The highest BCUT2D eigenvalue weighted by Crippen LogP contribution is 2.23. The van der Waals surface area contributed by atoms with Gasteiger partial charge in [0.05, 0.1) is 5.56 Å². The van der Waals surface area contributed by atoms with E-state index < -0.39 is 12.1 Å². The molecule has 0 heterocycles. The zero-order chi connectivity index (χ0) is 15.5. The maximum absolute atomic E-state index is 12.4. The van der Waals surface area contributed by atoms with Gasteiger partial charge in [-0.25, -0.2) is 4.79 Å². The minimum atomic E-state index is -0.785. The Hall–Kier alpha value is -2.42. The Morgan fingerprint density at radius 2 is 1.68 bits per heavy atom.